The highest BCUT2D eigenvalue weighted by atomic mass is 35.5. The van der Waals surface area contributed by atoms with Crippen molar-refractivity contribution in [1.82, 2.24) is 24.5 Å². The van der Waals surface area contributed by atoms with Crippen LogP contribution in [0.25, 0.3) is 5.65 Å². The third kappa shape index (κ3) is 2.85. The van der Waals surface area contributed by atoms with Crippen molar-refractivity contribution < 1.29 is 4.79 Å². The summed E-state index contributed by atoms with van der Waals surface area (Å²) in [4.78, 5) is 23.0. The van der Waals surface area contributed by atoms with Crippen molar-refractivity contribution >= 4 is 23.2 Å². The van der Waals surface area contributed by atoms with Crippen LogP contribution in [0, 0.1) is 6.92 Å². The average Bonchev–Trinajstić information content (AvgIpc) is 2.91. The minimum absolute atomic E-state index is 0.0956. The van der Waals surface area contributed by atoms with Crippen LogP contribution in [-0.4, -0.2) is 37.4 Å². The number of hydrogen-bond acceptors (Lipinski definition) is 4. The average molecular weight is 344 g/mol. The van der Waals surface area contributed by atoms with Gasteiger partial charge in [0.25, 0.3) is 5.91 Å². The maximum Gasteiger partial charge on any atom is 0.276 e. The first-order valence-electron chi connectivity index (χ1n) is 7.70. The number of pyridine rings is 1. The van der Waals surface area contributed by atoms with Crippen LogP contribution in [0.3, 0.4) is 0 Å². The lowest BCUT2D eigenvalue weighted by Gasteiger charge is -2.26. The highest BCUT2D eigenvalue weighted by Crippen LogP contribution is 2.27. The van der Waals surface area contributed by atoms with Gasteiger partial charge < -0.3 is 4.90 Å². The van der Waals surface area contributed by atoms with E-state index in [4.69, 9.17) is 11.6 Å². The summed E-state index contributed by atoms with van der Waals surface area (Å²) in [7, 11) is 1.75. The molecule has 0 aliphatic rings. The Morgan fingerprint density at radius 1 is 1.42 bits per heavy atom. The number of hydrogen-bond donors (Lipinski definition) is 0. The molecule has 0 spiro atoms. The number of amides is 1. The molecule has 0 aliphatic heterocycles. The molecule has 0 fully saturated rings. The third-order valence-electron chi connectivity index (χ3n) is 3.99. The normalized spacial score (nSPS) is 12.3. The molecule has 3 rings (SSSR count). The molecule has 6 nitrogen and oxygen atoms in total. The number of rotatable bonds is 4. The van der Waals surface area contributed by atoms with Gasteiger partial charge in [-0.3, -0.25) is 9.78 Å². The summed E-state index contributed by atoms with van der Waals surface area (Å²) in [6, 6.07) is 3.73. The Morgan fingerprint density at radius 2 is 2.21 bits per heavy atom. The lowest BCUT2D eigenvalue weighted by Crippen LogP contribution is -2.31. The second kappa shape index (κ2) is 6.57. The van der Waals surface area contributed by atoms with Gasteiger partial charge in [-0.1, -0.05) is 24.6 Å². The Bertz CT molecular complexity index is 877. The molecule has 0 radical (unpaired) electrons. The summed E-state index contributed by atoms with van der Waals surface area (Å²) >= 11 is 6.34. The molecule has 0 aromatic carbocycles. The molecule has 3 aromatic rings. The van der Waals surface area contributed by atoms with E-state index < -0.39 is 0 Å². The van der Waals surface area contributed by atoms with E-state index in [1.54, 1.807) is 41.3 Å². The monoisotopic (exact) mass is 343 g/mol. The van der Waals surface area contributed by atoms with Gasteiger partial charge in [0.1, 0.15) is 5.02 Å². The fourth-order valence-corrected chi connectivity index (χ4v) is 3.01. The zero-order chi connectivity index (χ0) is 17.3. The molecular weight excluding hydrogens is 326 g/mol. The minimum Gasteiger partial charge on any atom is -0.333 e. The van der Waals surface area contributed by atoms with Crippen molar-refractivity contribution in [2.75, 3.05) is 7.05 Å². The van der Waals surface area contributed by atoms with Crippen molar-refractivity contribution in [1.29, 1.82) is 0 Å². The number of carbonyl (C=O) groups is 1. The molecule has 1 amide bonds. The number of aryl methyl sites for hydroxylation is 1. The molecule has 7 heteroatoms. The third-order valence-corrected chi connectivity index (χ3v) is 4.34. The summed E-state index contributed by atoms with van der Waals surface area (Å²) in [5.74, 6) is -0.237. The lowest BCUT2D eigenvalue weighted by molar-refractivity contribution is 0.0719. The molecule has 0 N–H and O–H groups in total. The summed E-state index contributed by atoms with van der Waals surface area (Å²) in [6.45, 7) is 3.93. The van der Waals surface area contributed by atoms with Crippen LogP contribution in [0.15, 0.2) is 36.9 Å². The highest BCUT2D eigenvalue weighted by Gasteiger charge is 2.27. The second-order valence-electron chi connectivity index (χ2n) is 5.69. The van der Waals surface area contributed by atoms with Crippen molar-refractivity contribution in [3.63, 3.8) is 0 Å². The maximum atomic E-state index is 12.9. The van der Waals surface area contributed by atoms with E-state index in [1.165, 1.54) is 0 Å². The topological polar surface area (TPSA) is 63.4 Å². The van der Waals surface area contributed by atoms with E-state index >= 15 is 0 Å². The van der Waals surface area contributed by atoms with Crippen molar-refractivity contribution in [3.8, 4) is 0 Å². The first-order valence-corrected chi connectivity index (χ1v) is 8.08. The molecule has 3 heterocycles. The zero-order valence-electron chi connectivity index (χ0n) is 13.8. The Hall–Kier alpha value is -2.47. The van der Waals surface area contributed by atoms with Crippen LogP contribution in [0.1, 0.15) is 41.0 Å². The second-order valence-corrected chi connectivity index (χ2v) is 6.07. The molecular formula is C17H18ClN5O. The Kier molecular flexibility index (Phi) is 4.49. The van der Waals surface area contributed by atoms with Gasteiger partial charge in [-0.2, -0.15) is 5.10 Å². The number of carbonyl (C=O) groups excluding carboxylic acids is 1. The Labute approximate surface area is 145 Å². The molecule has 0 saturated heterocycles. The zero-order valence-corrected chi connectivity index (χ0v) is 14.5. The van der Waals surface area contributed by atoms with Gasteiger partial charge in [-0.05, 0) is 30.5 Å². The van der Waals surface area contributed by atoms with Crippen LogP contribution < -0.4 is 0 Å². The number of nitrogens with zero attached hydrogens (tertiary/aromatic N) is 5. The lowest BCUT2D eigenvalue weighted by atomic mass is 10.1. The summed E-state index contributed by atoms with van der Waals surface area (Å²) in [5, 5.41) is 4.59. The van der Waals surface area contributed by atoms with Gasteiger partial charge in [0.05, 0.1) is 6.04 Å². The quantitative estimate of drug-likeness (QED) is 0.729. The maximum absolute atomic E-state index is 12.9. The van der Waals surface area contributed by atoms with Crippen LogP contribution in [0.2, 0.25) is 5.02 Å². The molecule has 0 unspecified atom stereocenters. The summed E-state index contributed by atoms with van der Waals surface area (Å²) < 4.78 is 1.55. The van der Waals surface area contributed by atoms with Crippen LogP contribution >= 0.6 is 11.6 Å². The first-order chi connectivity index (χ1) is 11.5. The van der Waals surface area contributed by atoms with E-state index in [0.717, 1.165) is 17.5 Å². The van der Waals surface area contributed by atoms with Gasteiger partial charge in [0.15, 0.2) is 11.3 Å². The van der Waals surface area contributed by atoms with Gasteiger partial charge in [0, 0.05) is 31.8 Å². The van der Waals surface area contributed by atoms with E-state index in [0.29, 0.717) is 5.65 Å². The number of aromatic nitrogens is 4. The van der Waals surface area contributed by atoms with Gasteiger partial charge >= 0.3 is 0 Å². The SMILES string of the molecule is CC[C@@H](c1cccnc1)N(C)C(=O)c1nn2cc(C)cnc2c1Cl. The molecule has 1 atom stereocenters. The fraction of sp³-hybridized carbons (Fsp3) is 0.294. The number of fused-ring (bicyclic) bond motifs is 1. The van der Waals surface area contributed by atoms with Gasteiger partial charge in [-0.15, -0.1) is 0 Å². The van der Waals surface area contributed by atoms with Crippen molar-refractivity contribution in [3.05, 3.63) is 58.8 Å². The predicted molar refractivity (Wildman–Crippen MR) is 92.1 cm³/mol. The molecule has 24 heavy (non-hydrogen) atoms. The number of halogens is 1. The standard InChI is InChI=1S/C17H18ClN5O/c1-4-13(12-6-5-7-19-9-12)22(3)17(24)15-14(18)16-20-8-11(2)10-23(16)21-15/h5-10,13H,4H2,1-3H3/t13-/m0/s1. The van der Waals surface area contributed by atoms with E-state index in [2.05, 4.69) is 15.1 Å². The predicted octanol–water partition coefficient (Wildman–Crippen LogP) is 3.31. The van der Waals surface area contributed by atoms with E-state index in [1.807, 2.05) is 26.0 Å². The highest BCUT2D eigenvalue weighted by molar-refractivity contribution is 6.36. The van der Waals surface area contributed by atoms with Crippen molar-refractivity contribution in [2.45, 2.75) is 26.3 Å². The summed E-state index contributed by atoms with van der Waals surface area (Å²) in [5.41, 5.74) is 2.61. The largest absolute Gasteiger partial charge is 0.333 e. The van der Waals surface area contributed by atoms with Crippen LogP contribution in [0.4, 0.5) is 0 Å². The van der Waals surface area contributed by atoms with Crippen LogP contribution in [-0.2, 0) is 0 Å². The fourth-order valence-electron chi connectivity index (χ4n) is 2.75. The molecule has 124 valence electrons. The first kappa shape index (κ1) is 16.4. The smallest absolute Gasteiger partial charge is 0.276 e. The Morgan fingerprint density at radius 3 is 2.88 bits per heavy atom. The van der Waals surface area contributed by atoms with Crippen molar-refractivity contribution in [2.24, 2.45) is 0 Å². The van der Waals surface area contributed by atoms with Crippen LogP contribution in [0.5, 0.6) is 0 Å². The molecule has 0 saturated carbocycles. The minimum atomic E-state index is -0.237. The Balaban J connectivity index is 1.97. The van der Waals surface area contributed by atoms with E-state index in [-0.39, 0.29) is 22.7 Å². The summed E-state index contributed by atoms with van der Waals surface area (Å²) in [6.07, 6.45) is 7.74. The van der Waals surface area contributed by atoms with Gasteiger partial charge in [-0.25, -0.2) is 9.50 Å². The molecule has 0 aliphatic carbocycles. The van der Waals surface area contributed by atoms with Gasteiger partial charge in [0.2, 0.25) is 0 Å². The molecule has 3 aromatic heterocycles. The molecule has 0 bridgehead atoms. The van der Waals surface area contributed by atoms with E-state index in [9.17, 15) is 4.79 Å².